The van der Waals surface area contributed by atoms with E-state index in [0.717, 1.165) is 17.9 Å². The zero-order valence-electron chi connectivity index (χ0n) is 9.72. The molecule has 0 aliphatic heterocycles. The number of aromatic nitrogens is 4. The van der Waals surface area contributed by atoms with E-state index in [1.54, 1.807) is 10.8 Å². The maximum atomic E-state index is 11.9. The summed E-state index contributed by atoms with van der Waals surface area (Å²) in [4.78, 5) is 16.0. The zero-order chi connectivity index (χ0) is 12.4. The molecule has 0 radical (unpaired) electrons. The number of hydrogen-bond donors (Lipinski definition) is 0. The Hall–Kier alpha value is -1.43. The van der Waals surface area contributed by atoms with Crippen LogP contribution < -0.4 is 5.56 Å². The minimum Gasteiger partial charge on any atom is -0.296 e. The van der Waals surface area contributed by atoms with Gasteiger partial charge >= 0.3 is 0 Å². The predicted molar refractivity (Wildman–Crippen MR) is 67.8 cm³/mol. The molecule has 90 valence electrons. The molecule has 0 unspecified atom stereocenters. The van der Waals surface area contributed by atoms with Gasteiger partial charge in [0.2, 0.25) is 0 Å². The average Bonchev–Trinajstić information content (AvgIpc) is 2.70. The molecule has 0 saturated carbocycles. The standard InChI is InChI=1S/C11H13BrN4O/c1-8-13-7-10(12)11(17)16(8)6-4-9-3-5-14-15(9)2/h3,5,7H,4,6H2,1-2H3. The van der Waals surface area contributed by atoms with Gasteiger partial charge in [-0.3, -0.25) is 14.0 Å². The van der Waals surface area contributed by atoms with Gasteiger partial charge in [0, 0.05) is 38.1 Å². The lowest BCUT2D eigenvalue weighted by Gasteiger charge is -2.09. The molecule has 2 aromatic rings. The Kier molecular flexibility index (Phi) is 3.42. The Morgan fingerprint density at radius 2 is 2.24 bits per heavy atom. The van der Waals surface area contributed by atoms with E-state index in [-0.39, 0.29) is 5.56 Å². The summed E-state index contributed by atoms with van der Waals surface area (Å²) in [5.41, 5.74) is 1.05. The van der Waals surface area contributed by atoms with Gasteiger partial charge in [0.15, 0.2) is 0 Å². The quantitative estimate of drug-likeness (QED) is 0.858. The van der Waals surface area contributed by atoms with Crippen LogP contribution in [0.2, 0.25) is 0 Å². The molecule has 0 spiro atoms. The van der Waals surface area contributed by atoms with E-state index in [9.17, 15) is 4.79 Å². The first-order valence-corrected chi connectivity index (χ1v) is 6.07. The van der Waals surface area contributed by atoms with Crippen molar-refractivity contribution >= 4 is 15.9 Å². The Balaban J connectivity index is 2.23. The molecular weight excluding hydrogens is 284 g/mol. The van der Waals surface area contributed by atoms with Crippen LogP contribution in [0.5, 0.6) is 0 Å². The molecule has 0 aliphatic rings. The van der Waals surface area contributed by atoms with Crippen LogP contribution in [0.4, 0.5) is 0 Å². The van der Waals surface area contributed by atoms with Gasteiger partial charge in [-0.2, -0.15) is 5.10 Å². The second kappa shape index (κ2) is 4.83. The van der Waals surface area contributed by atoms with E-state index in [1.807, 2.05) is 24.7 Å². The van der Waals surface area contributed by atoms with E-state index in [0.29, 0.717) is 11.0 Å². The van der Waals surface area contributed by atoms with Crippen LogP contribution in [-0.4, -0.2) is 19.3 Å². The summed E-state index contributed by atoms with van der Waals surface area (Å²) in [6.07, 6.45) is 4.05. The number of nitrogens with zero attached hydrogens (tertiary/aromatic N) is 4. The largest absolute Gasteiger partial charge is 0.296 e. The smallest absolute Gasteiger partial charge is 0.267 e. The normalized spacial score (nSPS) is 10.8. The Morgan fingerprint density at radius 3 is 2.88 bits per heavy atom. The van der Waals surface area contributed by atoms with Crippen molar-refractivity contribution in [1.82, 2.24) is 19.3 Å². The maximum absolute atomic E-state index is 11.9. The van der Waals surface area contributed by atoms with Crippen LogP contribution in [0, 0.1) is 6.92 Å². The molecule has 0 aliphatic carbocycles. The first-order chi connectivity index (χ1) is 8.09. The average molecular weight is 297 g/mol. The van der Waals surface area contributed by atoms with Crippen molar-refractivity contribution in [2.45, 2.75) is 19.9 Å². The van der Waals surface area contributed by atoms with Crippen molar-refractivity contribution in [1.29, 1.82) is 0 Å². The Labute approximate surface area is 107 Å². The van der Waals surface area contributed by atoms with Gasteiger partial charge in [-0.1, -0.05) is 0 Å². The maximum Gasteiger partial charge on any atom is 0.267 e. The van der Waals surface area contributed by atoms with Crippen molar-refractivity contribution in [3.8, 4) is 0 Å². The van der Waals surface area contributed by atoms with E-state index in [1.165, 1.54) is 6.20 Å². The van der Waals surface area contributed by atoms with Gasteiger partial charge in [-0.25, -0.2) is 4.98 Å². The molecular formula is C11H13BrN4O. The SMILES string of the molecule is Cc1ncc(Br)c(=O)n1CCc1ccnn1C. The zero-order valence-corrected chi connectivity index (χ0v) is 11.3. The summed E-state index contributed by atoms with van der Waals surface area (Å²) < 4.78 is 3.97. The van der Waals surface area contributed by atoms with Crippen LogP contribution in [0.1, 0.15) is 11.5 Å². The summed E-state index contributed by atoms with van der Waals surface area (Å²) in [6.45, 7) is 2.44. The summed E-state index contributed by atoms with van der Waals surface area (Å²) in [5.74, 6) is 0.723. The topological polar surface area (TPSA) is 52.7 Å². The van der Waals surface area contributed by atoms with Crippen LogP contribution in [0.15, 0.2) is 27.7 Å². The third-order valence-corrected chi connectivity index (χ3v) is 3.26. The lowest BCUT2D eigenvalue weighted by atomic mass is 10.3. The monoisotopic (exact) mass is 296 g/mol. The fourth-order valence-electron chi connectivity index (χ4n) is 1.69. The third kappa shape index (κ3) is 2.46. The molecule has 6 heteroatoms. The molecule has 5 nitrogen and oxygen atoms in total. The predicted octanol–water partition coefficient (Wildman–Crippen LogP) is 1.29. The molecule has 0 atom stereocenters. The van der Waals surface area contributed by atoms with Crippen LogP contribution >= 0.6 is 15.9 Å². The molecule has 0 N–H and O–H groups in total. The van der Waals surface area contributed by atoms with Crippen molar-refractivity contribution < 1.29 is 0 Å². The second-order valence-corrected chi connectivity index (χ2v) is 4.66. The highest BCUT2D eigenvalue weighted by atomic mass is 79.9. The highest BCUT2D eigenvalue weighted by Gasteiger charge is 2.06. The molecule has 0 bridgehead atoms. The number of aryl methyl sites for hydroxylation is 3. The first kappa shape index (κ1) is 12.0. The fraction of sp³-hybridized carbons (Fsp3) is 0.364. The lowest BCUT2D eigenvalue weighted by Crippen LogP contribution is -2.25. The lowest BCUT2D eigenvalue weighted by molar-refractivity contribution is 0.596. The Bertz CT molecular complexity index is 587. The summed E-state index contributed by atoms with van der Waals surface area (Å²) in [6, 6.07) is 1.95. The van der Waals surface area contributed by atoms with E-state index in [4.69, 9.17) is 0 Å². The Morgan fingerprint density at radius 1 is 1.47 bits per heavy atom. The van der Waals surface area contributed by atoms with Crippen molar-refractivity contribution in [2.75, 3.05) is 0 Å². The summed E-state index contributed by atoms with van der Waals surface area (Å²) in [7, 11) is 1.89. The van der Waals surface area contributed by atoms with Crippen molar-refractivity contribution in [2.24, 2.45) is 7.05 Å². The number of hydrogen-bond acceptors (Lipinski definition) is 3. The molecule has 2 heterocycles. The second-order valence-electron chi connectivity index (χ2n) is 3.81. The van der Waals surface area contributed by atoms with Gasteiger partial charge in [0.1, 0.15) is 10.3 Å². The van der Waals surface area contributed by atoms with E-state index in [2.05, 4.69) is 26.0 Å². The molecule has 0 aromatic carbocycles. The molecule has 17 heavy (non-hydrogen) atoms. The minimum atomic E-state index is -0.0420. The summed E-state index contributed by atoms with van der Waals surface area (Å²) in [5, 5.41) is 4.10. The van der Waals surface area contributed by atoms with Crippen LogP contribution in [-0.2, 0) is 20.0 Å². The molecule has 0 amide bonds. The number of rotatable bonds is 3. The van der Waals surface area contributed by atoms with Gasteiger partial charge < -0.3 is 0 Å². The third-order valence-electron chi connectivity index (χ3n) is 2.72. The highest BCUT2D eigenvalue weighted by Crippen LogP contribution is 2.04. The van der Waals surface area contributed by atoms with Crippen LogP contribution in [0.3, 0.4) is 0 Å². The molecule has 2 aromatic heterocycles. The van der Waals surface area contributed by atoms with Gasteiger partial charge in [-0.05, 0) is 28.9 Å². The fourth-order valence-corrected chi connectivity index (χ4v) is 2.00. The van der Waals surface area contributed by atoms with E-state index >= 15 is 0 Å². The molecule has 0 fully saturated rings. The number of halogens is 1. The van der Waals surface area contributed by atoms with Gasteiger partial charge in [0.25, 0.3) is 5.56 Å². The highest BCUT2D eigenvalue weighted by molar-refractivity contribution is 9.10. The molecule has 0 saturated heterocycles. The summed E-state index contributed by atoms with van der Waals surface area (Å²) >= 11 is 3.20. The van der Waals surface area contributed by atoms with Crippen LogP contribution in [0.25, 0.3) is 0 Å². The van der Waals surface area contributed by atoms with Crippen molar-refractivity contribution in [3.05, 3.63) is 44.8 Å². The first-order valence-electron chi connectivity index (χ1n) is 5.28. The van der Waals surface area contributed by atoms with Gasteiger partial charge in [-0.15, -0.1) is 0 Å². The minimum absolute atomic E-state index is 0.0420. The van der Waals surface area contributed by atoms with Gasteiger partial charge in [0.05, 0.1) is 0 Å². The van der Waals surface area contributed by atoms with E-state index < -0.39 is 0 Å². The van der Waals surface area contributed by atoms with Crippen molar-refractivity contribution in [3.63, 3.8) is 0 Å². The molecule has 2 rings (SSSR count).